The van der Waals surface area contributed by atoms with Crippen LogP contribution in [0.2, 0.25) is 0 Å². The van der Waals surface area contributed by atoms with Gasteiger partial charge in [0, 0.05) is 25.6 Å². The molecule has 1 fully saturated rings. The number of likely N-dealkylation sites (tertiary alicyclic amines) is 1. The molecule has 76 valence electrons. The molecule has 3 nitrogen and oxygen atoms in total. The molecule has 1 rings (SSSR count). The van der Waals surface area contributed by atoms with Crippen LogP contribution in [0.1, 0.15) is 39.0 Å². The van der Waals surface area contributed by atoms with Gasteiger partial charge in [-0.15, -0.1) is 0 Å². The Morgan fingerprint density at radius 2 is 2.31 bits per heavy atom. The standard InChI is InChI=1S/C10H19NO2/c1-9-5-2-3-7-11(9)10(13)6-4-8-12/h9,12H,2-8H2,1H3. The van der Waals surface area contributed by atoms with Gasteiger partial charge in [-0.2, -0.15) is 0 Å². The first-order valence-corrected chi connectivity index (χ1v) is 5.16. The Morgan fingerprint density at radius 1 is 1.54 bits per heavy atom. The van der Waals surface area contributed by atoms with Gasteiger partial charge in [0.25, 0.3) is 0 Å². The van der Waals surface area contributed by atoms with Crippen LogP contribution in [0.15, 0.2) is 0 Å². The highest BCUT2D eigenvalue weighted by Gasteiger charge is 2.22. The van der Waals surface area contributed by atoms with E-state index in [-0.39, 0.29) is 12.5 Å². The minimum Gasteiger partial charge on any atom is -0.396 e. The third-order valence-corrected chi connectivity index (χ3v) is 2.67. The molecule has 0 radical (unpaired) electrons. The summed E-state index contributed by atoms with van der Waals surface area (Å²) in [6, 6.07) is 0.403. The highest BCUT2D eigenvalue weighted by molar-refractivity contribution is 5.76. The second-order valence-electron chi connectivity index (χ2n) is 3.76. The summed E-state index contributed by atoms with van der Waals surface area (Å²) < 4.78 is 0. The van der Waals surface area contributed by atoms with E-state index in [0.717, 1.165) is 19.4 Å². The van der Waals surface area contributed by atoms with Crippen molar-refractivity contribution in [3.63, 3.8) is 0 Å². The van der Waals surface area contributed by atoms with Crippen LogP contribution in [0.25, 0.3) is 0 Å². The van der Waals surface area contributed by atoms with Crippen LogP contribution in [0.4, 0.5) is 0 Å². The second kappa shape index (κ2) is 5.22. The summed E-state index contributed by atoms with van der Waals surface area (Å²) in [5, 5.41) is 8.61. The van der Waals surface area contributed by atoms with Crippen LogP contribution >= 0.6 is 0 Å². The smallest absolute Gasteiger partial charge is 0.222 e. The molecule has 1 saturated heterocycles. The fourth-order valence-electron chi connectivity index (χ4n) is 1.84. The van der Waals surface area contributed by atoms with Gasteiger partial charge >= 0.3 is 0 Å². The number of aliphatic hydroxyl groups excluding tert-OH is 1. The second-order valence-corrected chi connectivity index (χ2v) is 3.76. The monoisotopic (exact) mass is 185 g/mol. The van der Waals surface area contributed by atoms with E-state index in [2.05, 4.69) is 6.92 Å². The van der Waals surface area contributed by atoms with Gasteiger partial charge in [0.05, 0.1) is 0 Å². The Kier molecular flexibility index (Phi) is 4.22. The predicted octanol–water partition coefficient (Wildman–Crippen LogP) is 1.16. The summed E-state index contributed by atoms with van der Waals surface area (Å²) in [6.07, 6.45) is 4.61. The maximum absolute atomic E-state index is 11.6. The van der Waals surface area contributed by atoms with Gasteiger partial charge in [-0.25, -0.2) is 0 Å². The quantitative estimate of drug-likeness (QED) is 0.716. The van der Waals surface area contributed by atoms with Crippen molar-refractivity contribution < 1.29 is 9.90 Å². The summed E-state index contributed by atoms with van der Waals surface area (Å²) in [5.74, 6) is 0.209. The van der Waals surface area contributed by atoms with Gasteiger partial charge in [-0.1, -0.05) is 0 Å². The zero-order chi connectivity index (χ0) is 9.68. The lowest BCUT2D eigenvalue weighted by Gasteiger charge is -2.33. The molecular weight excluding hydrogens is 166 g/mol. The van der Waals surface area contributed by atoms with Crippen molar-refractivity contribution in [2.45, 2.75) is 45.1 Å². The number of hydrogen-bond donors (Lipinski definition) is 1. The van der Waals surface area contributed by atoms with Crippen molar-refractivity contribution in [3.05, 3.63) is 0 Å². The van der Waals surface area contributed by atoms with Crippen molar-refractivity contribution in [3.8, 4) is 0 Å². The maximum atomic E-state index is 11.6. The molecule has 1 aliphatic rings. The van der Waals surface area contributed by atoms with Crippen molar-refractivity contribution >= 4 is 5.91 Å². The molecule has 1 N–H and O–H groups in total. The van der Waals surface area contributed by atoms with Gasteiger partial charge in [-0.05, 0) is 32.6 Å². The lowest BCUT2D eigenvalue weighted by atomic mass is 10.0. The van der Waals surface area contributed by atoms with Gasteiger partial charge in [0.15, 0.2) is 0 Å². The molecule has 0 saturated carbocycles. The average molecular weight is 185 g/mol. The van der Waals surface area contributed by atoms with E-state index in [1.165, 1.54) is 6.42 Å². The zero-order valence-corrected chi connectivity index (χ0v) is 8.33. The first-order chi connectivity index (χ1) is 6.25. The minimum atomic E-state index is 0.119. The Hall–Kier alpha value is -0.570. The summed E-state index contributed by atoms with van der Waals surface area (Å²) in [5.41, 5.74) is 0. The average Bonchev–Trinajstić information content (AvgIpc) is 2.15. The van der Waals surface area contributed by atoms with E-state index in [1.807, 2.05) is 4.90 Å². The molecule has 0 bridgehead atoms. The third kappa shape index (κ3) is 2.99. The highest BCUT2D eigenvalue weighted by Crippen LogP contribution is 2.17. The number of rotatable bonds is 3. The van der Waals surface area contributed by atoms with E-state index in [0.29, 0.717) is 18.9 Å². The molecule has 13 heavy (non-hydrogen) atoms. The topological polar surface area (TPSA) is 40.5 Å². The van der Waals surface area contributed by atoms with Crippen molar-refractivity contribution in [1.29, 1.82) is 0 Å². The first-order valence-electron chi connectivity index (χ1n) is 5.16. The Balaban J connectivity index is 2.35. The van der Waals surface area contributed by atoms with Crippen LogP contribution in [-0.4, -0.2) is 35.1 Å². The molecule has 0 aromatic carbocycles. The zero-order valence-electron chi connectivity index (χ0n) is 8.33. The van der Waals surface area contributed by atoms with Crippen LogP contribution in [-0.2, 0) is 4.79 Å². The molecule has 0 spiro atoms. The summed E-state index contributed by atoms with van der Waals surface area (Å²) >= 11 is 0. The van der Waals surface area contributed by atoms with Gasteiger partial charge in [-0.3, -0.25) is 4.79 Å². The molecular formula is C10H19NO2. The molecule has 1 aliphatic heterocycles. The molecule has 0 aromatic heterocycles. The largest absolute Gasteiger partial charge is 0.396 e. The maximum Gasteiger partial charge on any atom is 0.222 e. The number of aliphatic hydroxyl groups is 1. The lowest BCUT2D eigenvalue weighted by molar-refractivity contribution is -0.134. The Labute approximate surface area is 79.7 Å². The molecule has 1 unspecified atom stereocenters. The molecule has 0 aromatic rings. The van der Waals surface area contributed by atoms with Crippen molar-refractivity contribution in [2.24, 2.45) is 0 Å². The number of hydrogen-bond acceptors (Lipinski definition) is 2. The van der Waals surface area contributed by atoms with Crippen LogP contribution in [0.3, 0.4) is 0 Å². The molecule has 0 aliphatic carbocycles. The van der Waals surface area contributed by atoms with Crippen LogP contribution in [0.5, 0.6) is 0 Å². The van der Waals surface area contributed by atoms with Crippen LogP contribution in [0, 0.1) is 0 Å². The summed E-state index contributed by atoms with van der Waals surface area (Å²) in [6.45, 7) is 3.13. The number of amides is 1. The minimum absolute atomic E-state index is 0.119. The Bertz CT molecular complexity index is 170. The fourth-order valence-corrected chi connectivity index (χ4v) is 1.84. The molecule has 1 amide bonds. The van der Waals surface area contributed by atoms with E-state index in [1.54, 1.807) is 0 Å². The number of carbonyl (C=O) groups is 1. The van der Waals surface area contributed by atoms with Gasteiger partial charge in [0.1, 0.15) is 0 Å². The lowest BCUT2D eigenvalue weighted by Crippen LogP contribution is -2.41. The molecule has 1 atom stereocenters. The van der Waals surface area contributed by atoms with E-state index in [9.17, 15) is 4.79 Å². The van der Waals surface area contributed by atoms with Crippen molar-refractivity contribution in [1.82, 2.24) is 4.90 Å². The SMILES string of the molecule is CC1CCCCN1C(=O)CCCO. The van der Waals surface area contributed by atoms with E-state index < -0.39 is 0 Å². The highest BCUT2D eigenvalue weighted by atomic mass is 16.3. The first kappa shape index (κ1) is 10.5. The molecule has 3 heteroatoms. The normalized spacial score (nSPS) is 23.2. The van der Waals surface area contributed by atoms with E-state index in [4.69, 9.17) is 5.11 Å². The van der Waals surface area contributed by atoms with Gasteiger partial charge < -0.3 is 10.0 Å². The molecule has 1 heterocycles. The van der Waals surface area contributed by atoms with Gasteiger partial charge in [0.2, 0.25) is 5.91 Å². The third-order valence-electron chi connectivity index (χ3n) is 2.67. The predicted molar refractivity (Wildman–Crippen MR) is 51.3 cm³/mol. The summed E-state index contributed by atoms with van der Waals surface area (Å²) in [4.78, 5) is 13.5. The van der Waals surface area contributed by atoms with E-state index >= 15 is 0 Å². The van der Waals surface area contributed by atoms with Crippen LogP contribution < -0.4 is 0 Å². The van der Waals surface area contributed by atoms with Crippen molar-refractivity contribution in [2.75, 3.05) is 13.2 Å². The number of carbonyl (C=O) groups excluding carboxylic acids is 1. The summed E-state index contributed by atoms with van der Waals surface area (Å²) in [7, 11) is 0. The number of piperidine rings is 1. The number of nitrogens with zero attached hydrogens (tertiary/aromatic N) is 1. The fraction of sp³-hybridized carbons (Fsp3) is 0.900. The Morgan fingerprint density at radius 3 is 2.92 bits per heavy atom.